The van der Waals surface area contributed by atoms with Crippen LogP contribution in [0.25, 0.3) is 0 Å². The summed E-state index contributed by atoms with van der Waals surface area (Å²) in [6.45, 7) is 6.14. The number of allylic oxidation sites excluding steroid dienone is 1. The van der Waals surface area contributed by atoms with Crippen LogP contribution in [0, 0.1) is 5.92 Å². The van der Waals surface area contributed by atoms with Gasteiger partial charge in [-0.25, -0.2) is 5.90 Å². The van der Waals surface area contributed by atoms with Crippen molar-refractivity contribution >= 4 is 0 Å². The molecular formula is C10H21NO. The van der Waals surface area contributed by atoms with Crippen LogP contribution < -0.4 is 5.90 Å². The second-order valence-electron chi connectivity index (χ2n) is 3.42. The first-order valence-electron chi connectivity index (χ1n) is 4.60. The molecule has 0 bridgehead atoms. The smallest absolute Gasteiger partial charge is 0.0569 e. The van der Waals surface area contributed by atoms with Crippen LogP contribution in [-0.4, -0.2) is 7.11 Å². The third kappa shape index (κ3) is 5.33. The summed E-state index contributed by atoms with van der Waals surface area (Å²) in [4.78, 5) is 3.75. The Labute approximate surface area is 75.7 Å². The maximum absolute atomic E-state index is 4.35. The maximum Gasteiger partial charge on any atom is 0.0569 e. The highest BCUT2D eigenvalue weighted by Gasteiger charge is 2.12. The fraction of sp³-hybridized carbons (Fsp3) is 0.800. The molecule has 1 aliphatic rings. The molecule has 2 heteroatoms. The third-order valence-corrected chi connectivity index (χ3v) is 2.30. The van der Waals surface area contributed by atoms with Gasteiger partial charge in [0.15, 0.2) is 0 Å². The van der Waals surface area contributed by atoms with Crippen molar-refractivity contribution in [3.05, 3.63) is 12.2 Å². The number of rotatable bonds is 1. The van der Waals surface area contributed by atoms with E-state index in [0.29, 0.717) is 0 Å². The summed E-state index contributed by atoms with van der Waals surface area (Å²) in [6.07, 6.45) is 7.10. The van der Waals surface area contributed by atoms with E-state index in [4.69, 9.17) is 0 Å². The highest BCUT2D eigenvalue weighted by atomic mass is 16.6. The molecule has 0 aromatic heterocycles. The quantitative estimate of drug-likeness (QED) is 0.486. The van der Waals surface area contributed by atoms with Gasteiger partial charge in [0, 0.05) is 0 Å². The van der Waals surface area contributed by atoms with Crippen molar-refractivity contribution < 1.29 is 4.84 Å². The zero-order valence-corrected chi connectivity index (χ0v) is 8.31. The molecule has 0 unspecified atom stereocenters. The van der Waals surface area contributed by atoms with Crippen molar-refractivity contribution in [1.82, 2.24) is 0 Å². The molecule has 0 saturated heterocycles. The summed E-state index contributed by atoms with van der Waals surface area (Å²) < 4.78 is 0. The van der Waals surface area contributed by atoms with Gasteiger partial charge in [0.25, 0.3) is 0 Å². The van der Waals surface area contributed by atoms with Gasteiger partial charge < -0.3 is 4.84 Å². The molecule has 0 radical (unpaired) electrons. The van der Waals surface area contributed by atoms with Crippen LogP contribution in [0.1, 0.15) is 39.0 Å². The predicted octanol–water partition coefficient (Wildman–Crippen LogP) is 2.65. The van der Waals surface area contributed by atoms with Crippen LogP contribution in [0.4, 0.5) is 0 Å². The van der Waals surface area contributed by atoms with Crippen molar-refractivity contribution in [3.63, 3.8) is 0 Å². The van der Waals surface area contributed by atoms with Gasteiger partial charge in [-0.2, -0.15) is 0 Å². The Balaban J connectivity index is 0.000000354. The lowest BCUT2D eigenvalue weighted by Crippen LogP contribution is -2.05. The van der Waals surface area contributed by atoms with Gasteiger partial charge in [0.2, 0.25) is 0 Å². The molecule has 1 fully saturated rings. The maximum atomic E-state index is 4.35. The van der Waals surface area contributed by atoms with Crippen LogP contribution in [0.5, 0.6) is 0 Å². The van der Waals surface area contributed by atoms with E-state index in [9.17, 15) is 0 Å². The van der Waals surface area contributed by atoms with E-state index in [1.807, 2.05) is 0 Å². The standard InChI is InChI=1S/C9H16.CH5NO/c1-8(2)9-6-4-3-5-7-9;1-3-2/h9H,1,3-7H2,2H3;2H2,1H3. The topological polar surface area (TPSA) is 35.2 Å². The first-order valence-corrected chi connectivity index (χ1v) is 4.60. The first kappa shape index (κ1) is 11.7. The van der Waals surface area contributed by atoms with Crippen LogP contribution in [-0.2, 0) is 4.84 Å². The summed E-state index contributed by atoms with van der Waals surface area (Å²) in [5.41, 5.74) is 1.40. The molecule has 0 spiro atoms. The summed E-state index contributed by atoms with van der Waals surface area (Å²) in [5.74, 6) is 5.21. The largest absolute Gasteiger partial charge is 0.308 e. The van der Waals surface area contributed by atoms with Gasteiger partial charge in [-0.05, 0) is 25.7 Å². The normalized spacial score (nSPS) is 17.9. The SMILES string of the molecule is C=C(C)C1CCCCC1.CON. The molecule has 0 aromatic carbocycles. The lowest BCUT2D eigenvalue weighted by molar-refractivity contribution is 0.206. The summed E-state index contributed by atoms with van der Waals surface area (Å²) in [7, 11) is 1.40. The monoisotopic (exact) mass is 171 g/mol. The molecule has 0 amide bonds. The summed E-state index contributed by atoms with van der Waals surface area (Å²) in [5, 5.41) is 0. The van der Waals surface area contributed by atoms with Gasteiger partial charge in [-0.1, -0.05) is 31.4 Å². The molecule has 1 saturated carbocycles. The van der Waals surface area contributed by atoms with Crippen LogP contribution in [0.3, 0.4) is 0 Å². The van der Waals surface area contributed by atoms with Gasteiger partial charge in [0.05, 0.1) is 7.11 Å². The van der Waals surface area contributed by atoms with Crippen LogP contribution >= 0.6 is 0 Å². The fourth-order valence-electron chi connectivity index (χ4n) is 1.60. The Kier molecular flexibility index (Phi) is 7.11. The minimum absolute atomic E-state index is 0.860. The molecule has 2 nitrogen and oxygen atoms in total. The minimum atomic E-state index is 0.860. The number of nitrogens with two attached hydrogens (primary N) is 1. The Morgan fingerprint density at radius 3 is 2.00 bits per heavy atom. The summed E-state index contributed by atoms with van der Waals surface area (Å²) in [6, 6.07) is 0. The van der Waals surface area contributed by atoms with Crippen molar-refractivity contribution in [2.45, 2.75) is 39.0 Å². The Hall–Kier alpha value is -0.340. The molecule has 0 atom stereocenters. The lowest BCUT2D eigenvalue weighted by Gasteiger charge is -2.21. The van der Waals surface area contributed by atoms with E-state index in [0.717, 1.165) is 5.92 Å². The molecule has 0 heterocycles. The fourth-order valence-corrected chi connectivity index (χ4v) is 1.60. The van der Waals surface area contributed by atoms with Crippen LogP contribution in [0.15, 0.2) is 12.2 Å². The zero-order chi connectivity index (χ0) is 9.40. The van der Waals surface area contributed by atoms with Gasteiger partial charge in [-0.15, -0.1) is 0 Å². The van der Waals surface area contributed by atoms with E-state index >= 15 is 0 Å². The van der Waals surface area contributed by atoms with E-state index in [1.54, 1.807) is 0 Å². The van der Waals surface area contributed by atoms with Crippen molar-refractivity contribution in [2.75, 3.05) is 7.11 Å². The Morgan fingerprint density at radius 2 is 1.75 bits per heavy atom. The molecule has 12 heavy (non-hydrogen) atoms. The van der Waals surface area contributed by atoms with Crippen molar-refractivity contribution in [3.8, 4) is 0 Å². The van der Waals surface area contributed by atoms with Crippen molar-refractivity contribution in [2.24, 2.45) is 11.8 Å². The second-order valence-corrected chi connectivity index (χ2v) is 3.42. The average molecular weight is 171 g/mol. The average Bonchev–Trinajstić information content (AvgIpc) is 2.07. The molecular weight excluding hydrogens is 150 g/mol. The van der Waals surface area contributed by atoms with Crippen molar-refractivity contribution in [1.29, 1.82) is 0 Å². The number of hydrogen-bond donors (Lipinski definition) is 1. The highest BCUT2D eigenvalue weighted by molar-refractivity contribution is 4.96. The first-order chi connectivity index (χ1) is 5.72. The zero-order valence-electron chi connectivity index (χ0n) is 8.31. The van der Waals surface area contributed by atoms with Gasteiger partial charge >= 0.3 is 0 Å². The van der Waals surface area contributed by atoms with E-state index in [2.05, 4.69) is 24.2 Å². The molecule has 1 rings (SSSR count). The second kappa shape index (κ2) is 7.32. The van der Waals surface area contributed by atoms with E-state index < -0.39 is 0 Å². The summed E-state index contributed by atoms with van der Waals surface area (Å²) >= 11 is 0. The molecule has 1 aliphatic carbocycles. The molecule has 2 N–H and O–H groups in total. The number of hydrogen-bond acceptors (Lipinski definition) is 2. The van der Waals surface area contributed by atoms with Crippen LogP contribution in [0.2, 0.25) is 0 Å². The van der Waals surface area contributed by atoms with E-state index in [-0.39, 0.29) is 0 Å². The van der Waals surface area contributed by atoms with E-state index in [1.165, 1.54) is 44.8 Å². The minimum Gasteiger partial charge on any atom is -0.308 e. The molecule has 0 aliphatic heterocycles. The third-order valence-electron chi connectivity index (χ3n) is 2.30. The Morgan fingerprint density at radius 1 is 1.33 bits per heavy atom. The highest BCUT2D eigenvalue weighted by Crippen LogP contribution is 2.27. The van der Waals surface area contributed by atoms with Gasteiger partial charge in [0.1, 0.15) is 0 Å². The van der Waals surface area contributed by atoms with Gasteiger partial charge in [-0.3, -0.25) is 0 Å². The molecule has 0 aromatic rings. The molecule has 72 valence electrons. The predicted molar refractivity (Wildman–Crippen MR) is 52.6 cm³/mol. The Bertz CT molecular complexity index is 117. The lowest BCUT2D eigenvalue weighted by atomic mass is 9.85.